The van der Waals surface area contributed by atoms with E-state index in [4.69, 9.17) is 0 Å². The van der Waals surface area contributed by atoms with Crippen molar-refractivity contribution >= 4 is 10.9 Å². The lowest BCUT2D eigenvalue weighted by Gasteiger charge is -2.11. The first-order chi connectivity index (χ1) is 8.79. The highest BCUT2D eigenvalue weighted by Gasteiger charge is 2.08. The number of para-hydroxylation sites is 1. The number of hydrogen-bond donors (Lipinski definition) is 0. The van der Waals surface area contributed by atoms with Gasteiger partial charge in [0.05, 0.1) is 11.2 Å². The highest BCUT2D eigenvalue weighted by molar-refractivity contribution is 5.87. The van der Waals surface area contributed by atoms with Gasteiger partial charge in [0.2, 0.25) is 0 Å². The molecule has 3 nitrogen and oxygen atoms in total. The summed E-state index contributed by atoms with van der Waals surface area (Å²) in [6.45, 7) is 4.15. The van der Waals surface area contributed by atoms with Crippen molar-refractivity contribution < 1.29 is 0 Å². The van der Waals surface area contributed by atoms with Crippen LogP contribution in [0.1, 0.15) is 18.4 Å². The second-order valence-corrected chi connectivity index (χ2v) is 4.37. The first-order valence-electron chi connectivity index (χ1n) is 6.18. The molecule has 3 aromatic rings. The molecule has 0 aliphatic rings. The quantitative estimate of drug-likeness (QED) is 0.684. The first-order valence-corrected chi connectivity index (χ1v) is 6.18. The number of pyridine rings is 1. The number of fused-ring (bicyclic) bond motifs is 1. The Balaban J connectivity index is 2.34. The number of benzene rings is 1. The fraction of sp³-hybridized carbons (Fsp3) is 0.200. The summed E-state index contributed by atoms with van der Waals surface area (Å²) in [5.41, 5.74) is 3.22. The Hall–Kier alpha value is -2.16. The molecule has 3 rings (SSSR count). The zero-order chi connectivity index (χ0) is 12.5. The Morgan fingerprint density at radius 2 is 2.06 bits per heavy atom. The summed E-state index contributed by atoms with van der Waals surface area (Å²) in [4.78, 5) is 8.96. The van der Waals surface area contributed by atoms with Crippen LogP contribution in [0.4, 0.5) is 0 Å². The van der Waals surface area contributed by atoms with Crippen LogP contribution in [0.2, 0.25) is 0 Å². The Labute approximate surface area is 106 Å². The van der Waals surface area contributed by atoms with E-state index in [1.807, 2.05) is 37.5 Å². The standard InChI is InChI=1S/C15H15N3/c1-3-15-16-8-9-18(15)14-10-11(2)17-13-7-5-4-6-12(13)14/h4-10H,3H2,1-2H3. The Morgan fingerprint density at radius 3 is 2.89 bits per heavy atom. The number of nitrogens with zero attached hydrogens (tertiary/aromatic N) is 3. The van der Waals surface area contributed by atoms with E-state index in [1.165, 1.54) is 0 Å². The van der Waals surface area contributed by atoms with Gasteiger partial charge in [-0.2, -0.15) is 0 Å². The van der Waals surface area contributed by atoms with E-state index in [1.54, 1.807) is 0 Å². The lowest BCUT2D eigenvalue weighted by Crippen LogP contribution is -2.01. The third-order valence-corrected chi connectivity index (χ3v) is 3.12. The predicted octanol–water partition coefficient (Wildman–Crippen LogP) is 3.29. The molecule has 0 saturated carbocycles. The maximum Gasteiger partial charge on any atom is 0.112 e. The Morgan fingerprint density at radius 1 is 1.22 bits per heavy atom. The maximum absolute atomic E-state index is 4.57. The molecular formula is C15H15N3. The summed E-state index contributed by atoms with van der Waals surface area (Å²) in [6.07, 6.45) is 4.78. The summed E-state index contributed by atoms with van der Waals surface area (Å²) in [5, 5.41) is 1.16. The molecule has 0 spiro atoms. The number of rotatable bonds is 2. The van der Waals surface area contributed by atoms with E-state index in [0.29, 0.717) is 0 Å². The van der Waals surface area contributed by atoms with Crippen LogP contribution in [0.15, 0.2) is 42.7 Å². The van der Waals surface area contributed by atoms with Crippen molar-refractivity contribution in [1.29, 1.82) is 0 Å². The second-order valence-electron chi connectivity index (χ2n) is 4.37. The van der Waals surface area contributed by atoms with E-state index in [9.17, 15) is 0 Å². The average Bonchev–Trinajstić information content (AvgIpc) is 2.85. The number of imidazole rings is 1. The van der Waals surface area contributed by atoms with E-state index >= 15 is 0 Å². The number of aromatic nitrogens is 3. The zero-order valence-electron chi connectivity index (χ0n) is 10.6. The van der Waals surface area contributed by atoms with Crippen LogP contribution in [0.25, 0.3) is 16.6 Å². The van der Waals surface area contributed by atoms with Crippen LogP contribution >= 0.6 is 0 Å². The van der Waals surface area contributed by atoms with Crippen molar-refractivity contribution in [3.63, 3.8) is 0 Å². The SMILES string of the molecule is CCc1nccn1-c1cc(C)nc2ccccc12. The van der Waals surface area contributed by atoms with Crippen molar-refractivity contribution in [2.24, 2.45) is 0 Å². The van der Waals surface area contributed by atoms with Crippen LogP contribution in [-0.2, 0) is 6.42 Å². The van der Waals surface area contributed by atoms with E-state index in [2.05, 4.69) is 33.6 Å². The van der Waals surface area contributed by atoms with Gasteiger partial charge in [-0.15, -0.1) is 0 Å². The first kappa shape index (κ1) is 11.0. The summed E-state index contributed by atoms with van der Waals surface area (Å²) in [7, 11) is 0. The van der Waals surface area contributed by atoms with E-state index < -0.39 is 0 Å². The highest BCUT2D eigenvalue weighted by Crippen LogP contribution is 2.23. The summed E-state index contributed by atoms with van der Waals surface area (Å²) < 4.78 is 2.15. The molecule has 0 unspecified atom stereocenters. The van der Waals surface area contributed by atoms with Gasteiger partial charge in [0.25, 0.3) is 0 Å². The number of hydrogen-bond acceptors (Lipinski definition) is 2. The van der Waals surface area contributed by atoms with Gasteiger partial charge in [-0.05, 0) is 19.1 Å². The van der Waals surface area contributed by atoms with Gasteiger partial charge in [0, 0.05) is 29.9 Å². The van der Waals surface area contributed by atoms with Gasteiger partial charge in [-0.3, -0.25) is 4.98 Å². The molecule has 2 aromatic heterocycles. The third-order valence-electron chi connectivity index (χ3n) is 3.12. The summed E-state index contributed by atoms with van der Waals surface area (Å²) in [5.74, 6) is 1.07. The summed E-state index contributed by atoms with van der Waals surface area (Å²) >= 11 is 0. The normalized spacial score (nSPS) is 11.0. The van der Waals surface area contributed by atoms with Crippen LogP contribution in [-0.4, -0.2) is 14.5 Å². The molecular weight excluding hydrogens is 222 g/mol. The molecule has 0 N–H and O–H groups in total. The molecule has 0 aliphatic heterocycles. The van der Waals surface area contributed by atoms with Crippen LogP contribution in [0.3, 0.4) is 0 Å². The van der Waals surface area contributed by atoms with Crippen molar-refractivity contribution in [3.05, 3.63) is 54.2 Å². The number of aryl methyl sites for hydroxylation is 2. The van der Waals surface area contributed by atoms with Gasteiger partial charge in [0.15, 0.2) is 0 Å². The minimum absolute atomic E-state index is 0.919. The molecule has 0 atom stereocenters. The van der Waals surface area contributed by atoms with E-state index in [-0.39, 0.29) is 0 Å². The lowest BCUT2D eigenvalue weighted by molar-refractivity contribution is 0.893. The van der Waals surface area contributed by atoms with Crippen molar-refractivity contribution in [2.45, 2.75) is 20.3 Å². The predicted molar refractivity (Wildman–Crippen MR) is 73.0 cm³/mol. The third kappa shape index (κ3) is 1.68. The molecule has 18 heavy (non-hydrogen) atoms. The fourth-order valence-corrected chi connectivity index (χ4v) is 2.30. The summed E-state index contributed by atoms with van der Waals surface area (Å²) in [6, 6.07) is 10.3. The fourth-order valence-electron chi connectivity index (χ4n) is 2.30. The Bertz CT molecular complexity index is 698. The topological polar surface area (TPSA) is 30.7 Å². The van der Waals surface area contributed by atoms with Gasteiger partial charge in [-0.25, -0.2) is 4.98 Å². The highest BCUT2D eigenvalue weighted by atomic mass is 15.1. The van der Waals surface area contributed by atoms with Gasteiger partial charge in [-0.1, -0.05) is 25.1 Å². The zero-order valence-corrected chi connectivity index (χ0v) is 10.6. The molecule has 2 heterocycles. The molecule has 0 aliphatic carbocycles. The van der Waals surface area contributed by atoms with Gasteiger partial charge >= 0.3 is 0 Å². The Kier molecular flexibility index (Phi) is 2.59. The monoisotopic (exact) mass is 237 g/mol. The molecule has 0 amide bonds. The smallest absolute Gasteiger partial charge is 0.112 e. The minimum Gasteiger partial charge on any atom is -0.303 e. The second kappa shape index (κ2) is 4.26. The van der Waals surface area contributed by atoms with Crippen LogP contribution < -0.4 is 0 Å². The molecule has 1 aromatic carbocycles. The molecule has 0 fully saturated rings. The largest absolute Gasteiger partial charge is 0.303 e. The molecule has 0 bridgehead atoms. The molecule has 0 radical (unpaired) electrons. The molecule has 0 saturated heterocycles. The van der Waals surface area contributed by atoms with Crippen LogP contribution in [0, 0.1) is 6.92 Å². The maximum atomic E-state index is 4.57. The van der Waals surface area contributed by atoms with Crippen LogP contribution in [0.5, 0.6) is 0 Å². The minimum atomic E-state index is 0.919. The van der Waals surface area contributed by atoms with Crippen molar-refractivity contribution in [1.82, 2.24) is 14.5 Å². The molecule has 3 heteroatoms. The van der Waals surface area contributed by atoms with Gasteiger partial charge in [0.1, 0.15) is 5.82 Å². The lowest BCUT2D eigenvalue weighted by atomic mass is 10.1. The molecule has 90 valence electrons. The average molecular weight is 237 g/mol. The van der Waals surface area contributed by atoms with E-state index in [0.717, 1.165) is 34.5 Å². The van der Waals surface area contributed by atoms with Crippen molar-refractivity contribution in [2.75, 3.05) is 0 Å². The van der Waals surface area contributed by atoms with Gasteiger partial charge < -0.3 is 4.57 Å². The van der Waals surface area contributed by atoms with Crippen molar-refractivity contribution in [3.8, 4) is 5.69 Å².